The molecule has 0 radical (unpaired) electrons. The van der Waals surface area contributed by atoms with Crippen LogP contribution < -0.4 is 5.32 Å². The van der Waals surface area contributed by atoms with E-state index in [9.17, 15) is 4.79 Å². The Kier molecular flexibility index (Phi) is 4.30. The lowest BCUT2D eigenvalue weighted by atomic mass is 9.64. The molecule has 3 atom stereocenters. The second-order valence-corrected chi connectivity index (χ2v) is 9.39. The van der Waals surface area contributed by atoms with E-state index in [2.05, 4.69) is 50.4 Å². The standard InChI is InChI=1S/C21H26N4OS/c1-15-22-18(12-27-15)9-19(26)23-20-16-10-24-7-8-25(11-16)14-21(20,13-24)17-5-3-2-4-6-17/h2-6,12,16,20H,7-11,13-14H2,1H3,(H,23,26)/t16?,20-,21?/m1/s1. The second-order valence-electron chi connectivity index (χ2n) is 8.33. The third-order valence-corrected chi connectivity index (χ3v) is 7.29. The predicted molar refractivity (Wildman–Crippen MR) is 107 cm³/mol. The molecular weight excluding hydrogens is 356 g/mol. The monoisotopic (exact) mass is 382 g/mol. The molecule has 4 aliphatic rings. The molecule has 6 rings (SSSR count). The summed E-state index contributed by atoms with van der Waals surface area (Å²) in [5.74, 6) is 0.591. The Balaban J connectivity index is 1.45. The van der Waals surface area contributed by atoms with Gasteiger partial charge in [0.1, 0.15) is 0 Å². The van der Waals surface area contributed by atoms with E-state index < -0.39 is 0 Å². The number of aryl methyl sites for hydroxylation is 1. The average Bonchev–Trinajstić information content (AvgIpc) is 2.90. The van der Waals surface area contributed by atoms with E-state index >= 15 is 0 Å². The summed E-state index contributed by atoms with van der Waals surface area (Å²) in [4.78, 5) is 22.6. The van der Waals surface area contributed by atoms with Gasteiger partial charge in [0.15, 0.2) is 0 Å². The fraction of sp³-hybridized carbons (Fsp3) is 0.524. The summed E-state index contributed by atoms with van der Waals surface area (Å²) in [6.45, 7) is 8.52. The number of amides is 1. The topological polar surface area (TPSA) is 48.5 Å². The van der Waals surface area contributed by atoms with Gasteiger partial charge in [-0.15, -0.1) is 11.3 Å². The number of benzene rings is 1. The van der Waals surface area contributed by atoms with E-state index in [1.54, 1.807) is 11.3 Å². The van der Waals surface area contributed by atoms with Crippen LogP contribution in [-0.2, 0) is 16.6 Å². The van der Waals surface area contributed by atoms with Crippen LogP contribution >= 0.6 is 11.3 Å². The molecule has 4 aliphatic heterocycles. The van der Waals surface area contributed by atoms with Crippen LogP contribution in [0, 0.1) is 12.8 Å². The van der Waals surface area contributed by atoms with Crippen LogP contribution in [0.2, 0.25) is 0 Å². The number of carbonyl (C=O) groups is 1. The summed E-state index contributed by atoms with van der Waals surface area (Å²) in [5.41, 5.74) is 2.23. The molecule has 4 bridgehead atoms. The molecule has 5 heterocycles. The van der Waals surface area contributed by atoms with Gasteiger partial charge >= 0.3 is 0 Å². The van der Waals surface area contributed by atoms with Crippen molar-refractivity contribution in [3.8, 4) is 0 Å². The summed E-state index contributed by atoms with van der Waals surface area (Å²) in [5, 5.41) is 6.48. The molecule has 1 aromatic heterocycles. The largest absolute Gasteiger partial charge is 0.352 e. The molecule has 4 saturated heterocycles. The SMILES string of the molecule is Cc1nc(CC(=O)N[C@@H]2C3CN4CCN(C3)CC2(c2ccccc2)C4)cs1. The number of nitrogens with zero attached hydrogens (tertiary/aromatic N) is 3. The van der Waals surface area contributed by atoms with Crippen LogP contribution in [0.15, 0.2) is 35.7 Å². The molecule has 1 N–H and O–H groups in total. The van der Waals surface area contributed by atoms with Crippen LogP contribution in [0.1, 0.15) is 16.3 Å². The summed E-state index contributed by atoms with van der Waals surface area (Å²) >= 11 is 1.61. The van der Waals surface area contributed by atoms with Crippen LogP contribution in [0.3, 0.4) is 0 Å². The molecule has 1 amide bonds. The maximum atomic E-state index is 12.9. The molecule has 0 aliphatic carbocycles. The molecule has 0 saturated carbocycles. The first kappa shape index (κ1) is 17.3. The van der Waals surface area contributed by atoms with Gasteiger partial charge in [-0.1, -0.05) is 30.3 Å². The molecular formula is C21H26N4OS. The third-order valence-electron chi connectivity index (χ3n) is 6.47. The molecule has 27 heavy (non-hydrogen) atoms. The lowest BCUT2D eigenvalue weighted by Crippen LogP contribution is -2.70. The third kappa shape index (κ3) is 3.10. The minimum atomic E-state index is -0.0213. The number of piperidine rings is 2. The molecule has 5 nitrogen and oxygen atoms in total. The number of fused-ring (bicyclic) bond motifs is 1. The van der Waals surface area contributed by atoms with E-state index in [0.717, 1.165) is 50.0 Å². The van der Waals surface area contributed by atoms with E-state index in [1.807, 2.05) is 12.3 Å². The van der Waals surface area contributed by atoms with Crippen LogP contribution in [-0.4, -0.2) is 66.0 Å². The van der Waals surface area contributed by atoms with Crippen LogP contribution in [0.5, 0.6) is 0 Å². The maximum absolute atomic E-state index is 12.9. The van der Waals surface area contributed by atoms with Gasteiger partial charge in [-0.25, -0.2) is 4.98 Å². The van der Waals surface area contributed by atoms with Gasteiger partial charge in [-0.3, -0.25) is 4.79 Å². The highest BCUT2D eigenvalue weighted by Gasteiger charge is 2.55. The van der Waals surface area contributed by atoms with Gasteiger partial charge in [0.25, 0.3) is 0 Å². The highest BCUT2D eigenvalue weighted by atomic mass is 32.1. The molecule has 4 fully saturated rings. The number of thiazole rings is 1. The molecule has 6 heteroatoms. The second kappa shape index (κ2) is 6.69. The summed E-state index contributed by atoms with van der Waals surface area (Å²) in [6, 6.07) is 11.0. The fourth-order valence-electron chi connectivity index (χ4n) is 5.45. The minimum Gasteiger partial charge on any atom is -0.352 e. The van der Waals surface area contributed by atoms with Crippen molar-refractivity contribution in [2.75, 3.05) is 39.3 Å². The lowest BCUT2D eigenvalue weighted by molar-refractivity contribution is -0.123. The van der Waals surface area contributed by atoms with Crippen molar-refractivity contribution in [3.05, 3.63) is 52.0 Å². The highest BCUT2D eigenvalue weighted by Crippen LogP contribution is 2.43. The van der Waals surface area contributed by atoms with Crippen molar-refractivity contribution in [1.29, 1.82) is 0 Å². The van der Waals surface area contributed by atoms with Gasteiger partial charge in [0.2, 0.25) is 5.91 Å². The smallest absolute Gasteiger partial charge is 0.226 e. The normalized spacial score (nSPS) is 34.4. The van der Waals surface area contributed by atoms with E-state index in [-0.39, 0.29) is 17.4 Å². The van der Waals surface area contributed by atoms with Crippen molar-refractivity contribution in [2.45, 2.75) is 24.8 Å². The first-order chi connectivity index (χ1) is 13.1. The van der Waals surface area contributed by atoms with Crippen molar-refractivity contribution in [3.63, 3.8) is 0 Å². The maximum Gasteiger partial charge on any atom is 0.226 e. The van der Waals surface area contributed by atoms with Gasteiger partial charge in [-0.2, -0.15) is 0 Å². The zero-order valence-corrected chi connectivity index (χ0v) is 16.5. The van der Waals surface area contributed by atoms with E-state index in [4.69, 9.17) is 0 Å². The summed E-state index contributed by atoms with van der Waals surface area (Å²) < 4.78 is 0. The van der Waals surface area contributed by atoms with Gasteiger partial charge in [-0.05, 0) is 12.5 Å². The zero-order chi connectivity index (χ0) is 18.4. The van der Waals surface area contributed by atoms with Crippen molar-refractivity contribution < 1.29 is 4.79 Å². The molecule has 2 unspecified atom stereocenters. The van der Waals surface area contributed by atoms with Crippen molar-refractivity contribution in [2.24, 2.45) is 5.92 Å². The minimum absolute atomic E-state index is 0.0213. The zero-order valence-electron chi connectivity index (χ0n) is 15.7. The first-order valence-corrected chi connectivity index (χ1v) is 10.7. The number of nitrogens with one attached hydrogen (secondary N) is 1. The fourth-order valence-corrected chi connectivity index (χ4v) is 6.06. The number of hydrogen-bond donors (Lipinski definition) is 1. The van der Waals surface area contributed by atoms with Gasteiger partial charge in [0, 0.05) is 62.0 Å². The quantitative estimate of drug-likeness (QED) is 0.874. The van der Waals surface area contributed by atoms with E-state index in [0.29, 0.717) is 12.3 Å². The van der Waals surface area contributed by atoms with Crippen LogP contribution in [0.4, 0.5) is 0 Å². The number of hydrogen-bond acceptors (Lipinski definition) is 5. The first-order valence-electron chi connectivity index (χ1n) is 9.83. The van der Waals surface area contributed by atoms with Gasteiger partial charge in [0.05, 0.1) is 17.1 Å². The van der Waals surface area contributed by atoms with E-state index in [1.165, 1.54) is 5.56 Å². The Morgan fingerprint density at radius 1 is 1.22 bits per heavy atom. The number of carbonyl (C=O) groups excluding carboxylic acids is 1. The number of aromatic nitrogens is 1. The average molecular weight is 383 g/mol. The van der Waals surface area contributed by atoms with Crippen LogP contribution in [0.25, 0.3) is 0 Å². The molecule has 2 aromatic rings. The molecule has 142 valence electrons. The van der Waals surface area contributed by atoms with Gasteiger partial charge < -0.3 is 15.1 Å². The Hall–Kier alpha value is -1.76. The molecule has 0 spiro atoms. The van der Waals surface area contributed by atoms with Crippen molar-refractivity contribution in [1.82, 2.24) is 20.1 Å². The Labute approximate surface area is 164 Å². The summed E-state index contributed by atoms with van der Waals surface area (Å²) in [7, 11) is 0. The predicted octanol–water partition coefficient (Wildman–Crippen LogP) is 1.68. The van der Waals surface area contributed by atoms with Crippen molar-refractivity contribution >= 4 is 17.2 Å². The highest BCUT2D eigenvalue weighted by molar-refractivity contribution is 7.09. The summed E-state index contributed by atoms with van der Waals surface area (Å²) in [6.07, 6.45) is 0.381. The Bertz CT molecular complexity index is 820. The lowest BCUT2D eigenvalue weighted by Gasteiger charge is -2.55. The number of rotatable bonds is 4. The Morgan fingerprint density at radius 2 is 1.93 bits per heavy atom. The molecule has 1 aromatic carbocycles. The Morgan fingerprint density at radius 3 is 2.56 bits per heavy atom.